The monoisotopic (exact) mass is 241 g/mol. The molecule has 1 rings (SSSR count). The van der Waals surface area contributed by atoms with Crippen LogP contribution in [0.3, 0.4) is 0 Å². The van der Waals surface area contributed by atoms with Gasteiger partial charge in [0.1, 0.15) is 0 Å². The fourth-order valence-electron chi connectivity index (χ4n) is 1.43. The van der Waals surface area contributed by atoms with Crippen molar-refractivity contribution < 1.29 is 14.3 Å². The molecule has 0 saturated carbocycles. The van der Waals surface area contributed by atoms with Crippen LogP contribution in [0, 0.1) is 0 Å². The molecule has 1 amide bonds. The Morgan fingerprint density at radius 2 is 1.94 bits per heavy atom. The first-order valence-corrected chi connectivity index (χ1v) is 5.44. The molecular weight excluding hydrogens is 222 g/mol. The van der Waals surface area contributed by atoms with Gasteiger partial charge in [-0.25, -0.2) is 0 Å². The third-order valence-electron chi connectivity index (χ3n) is 2.37. The van der Waals surface area contributed by atoms with Crippen LogP contribution in [0.2, 0.25) is 0 Å². The van der Waals surface area contributed by atoms with Crippen LogP contribution in [0.4, 0.5) is 0 Å². The largest absolute Gasteiger partial charge is 0.383 e. The molecule has 0 bridgehead atoms. The molecule has 0 N–H and O–H groups in total. The SMILES string of the molecule is COCCN(CCOC)C(=O)c1cnn(C)c1. The van der Waals surface area contributed by atoms with Crippen molar-refractivity contribution in [3.63, 3.8) is 0 Å². The lowest BCUT2D eigenvalue weighted by Crippen LogP contribution is -2.36. The minimum Gasteiger partial charge on any atom is -0.383 e. The van der Waals surface area contributed by atoms with Crippen LogP contribution >= 0.6 is 0 Å². The van der Waals surface area contributed by atoms with Crippen molar-refractivity contribution in [1.29, 1.82) is 0 Å². The van der Waals surface area contributed by atoms with E-state index in [9.17, 15) is 4.79 Å². The van der Waals surface area contributed by atoms with Crippen molar-refractivity contribution in [3.05, 3.63) is 18.0 Å². The first kappa shape index (κ1) is 13.7. The lowest BCUT2D eigenvalue weighted by molar-refractivity contribution is 0.0627. The molecule has 96 valence electrons. The maximum atomic E-state index is 12.1. The normalized spacial score (nSPS) is 10.5. The van der Waals surface area contributed by atoms with Crippen LogP contribution in [0.15, 0.2) is 12.4 Å². The number of rotatable bonds is 7. The summed E-state index contributed by atoms with van der Waals surface area (Å²) in [7, 11) is 5.01. The summed E-state index contributed by atoms with van der Waals surface area (Å²) in [5.41, 5.74) is 0.583. The molecule has 1 aromatic heterocycles. The zero-order valence-corrected chi connectivity index (χ0v) is 10.5. The van der Waals surface area contributed by atoms with Gasteiger partial charge >= 0.3 is 0 Å². The highest BCUT2D eigenvalue weighted by molar-refractivity contribution is 5.93. The minimum atomic E-state index is -0.0489. The Morgan fingerprint density at radius 3 is 2.35 bits per heavy atom. The molecule has 0 spiro atoms. The minimum absolute atomic E-state index is 0.0489. The molecular formula is C11H19N3O3. The number of methoxy groups -OCH3 is 2. The zero-order valence-electron chi connectivity index (χ0n) is 10.5. The third kappa shape index (κ3) is 4.16. The molecule has 1 aromatic rings. The molecule has 17 heavy (non-hydrogen) atoms. The van der Waals surface area contributed by atoms with Gasteiger partial charge in [-0.15, -0.1) is 0 Å². The van der Waals surface area contributed by atoms with Crippen molar-refractivity contribution in [2.24, 2.45) is 7.05 Å². The smallest absolute Gasteiger partial charge is 0.257 e. The summed E-state index contributed by atoms with van der Waals surface area (Å²) in [5, 5.41) is 3.99. The summed E-state index contributed by atoms with van der Waals surface area (Å²) in [6.07, 6.45) is 3.27. The summed E-state index contributed by atoms with van der Waals surface area (Å²) in [6.45, 7) is 2.12. The van der Waals surface area contributed by atoms with Gasteiger partial charge < -0.3 is 14.4 Å². The van der Waals surface area contributed by atoms with Crippen LogP contribution in [0.25, 0.3) is 0 Å². The number of carbonyl (C=O) groups excluding carboxylic acids is 1. The lowest BCUT2D eigenvalue weighted by Gasteiger charge is -2.21. The van der Waals surface area contributed by atoms with Crippen LogP contribution < -0.4 is 0 Å². The number of carbonyl (C=O) groups is 1. The molecule has 0 aliphatic carbocycles. The van der Waals surface area contributed by atoms with E-state index in [2.05, 4.69) is 5.10 Å². The Balaban J connectivity index is 2.64. The van der Waals surface area contributed by atoms with Crippen molar-refractivity contribution in [1.82, 2.24) is 14.7 Å². The predicted octanol–water partition coefficient (Wildman–Crippen LogP) is 0.155. The standard InChI is InChI=1S/C11H19N3O3/c1-13-9-10(8-12-13)11(15)14(4-6-16-2)5-7-17-3/h8-9H,4-7H2,1-3H3. The van der Waals surface area contributed by atoms with Crippen molar-refractivity contribution in [2.75, 3.05) is 40.5 Å². The second-order valence-electron chi connectivity index (χ2n) is 3.68. The van der Waals surface area contributed by atoms with Crippen molar-refractivity contribution in [3.8, 4) is 0 Å². The summed E-state index contributed by atoms with van der Waals surface area (Å²) in [4.78, 5) is 13.8. The van der Waals surface area contributed by atoms with Gasteiger partial charge in [-0.1, -0.05) is 0 Å². The summed E-state index contributed by atoms with van der Waals surface area (Å²) in [5.74, 6) is -0.0489. The maximum Gasteiger partial charge on any atom is 0.257 e. The maximum absolute atomic E-state index is 12.1. The van der Waals surface area contributed by atoms with Gasteiger partial charge in [-0.2, -0.15) is 5.10 Å². The number of hydrogen-bond acceptors (Lipinski definition) is 4. The zero-order chi connectivity index (χ0) is 12.7. The van der Waals surface area contributed by atoms with Crippen LogP contribution in [0.5, 0.6) is 0 Å². The van der Waals surface area contributed by atoms with Crippen molar-refractivity contribution >= 4 is 5.91 Å². The second kappa shape index (κ2) is 7.03. The molecule has 0 fully saturated rings. The van der Waals surface area contributed by atoms with E-state index in [4.69, 9.17) is 9.47 Å². The van der Waals surface area contributed by atoms with E-state index in [-0.39, 0.29) is 5.91 Å². The first-order valence-electron chi connectivity index (χ1n) is 5.44. The number of ether oxygens (including phenoxy) is 2. The van der Waals surface area contributed by atoms with E-state index in [1.807, 2.05) is 0 Å². The predicted molar refractivity (Wildman–Crippen MR) is 62.9 cm³/mol. The molecule has 0 aromatic carbocycles. The first-order chi connectivity index (χ1) is 8.19. The quantitative estimate of drug-likeness (QED) is 0.682. The molecule has 1 heterocycles. The van der Waals surface area contributed by atoms with E-state index >= 15 is 0 Å². The van der Waals surface area contributed by atoms with E-state index in [0.717, 1.165) is 0 Å². The Kier molecular flexibility index (Phi) is 5.65. The molecule has 6 nitrogen and oxygen atoms in total. The topological polar surface area (TPSA) is 56.6 Å². The second-order valence-corrected chi connectivity index (χ2v) is 3.68. The van der Waals surface area contributed by atoms with Crippen LogP contribution in [-0.2, 0) is 16.5 Å². The van der Waals surface area contributed by atoms with Gasteiger partial charge in [0.05, 0.1) is 25.0 Å². The molecule has 0 aliphatic heterocycles. The van der Waals surface area contributed by atoms with E-state index in [1.165, 1.54) is 0 Å². The lowest BCUT2D eigenvalue weighted by atomic mass is 10.3. The summed E-state index contributed by atoms with van der Waals surface area (Å²) >= 11 is 0. The molecule has 6 heteroatoms. The third-order valence-corrected chi connectivity index (χ3v) is 2.37. The highest BCUT2D eigenvalue weighted by Crippen LogP contribution is 2.03. The summed E-state index contributed by atoms with van der Waals surface area (Å²) in [6, 6.07) is 0. The van der Waals surface area contributed by atoms with Crippen LogP contribution in [-0.4, -0.2) is 61.1 Å². The average molecular weight is 241 g/mol. The Hall–Kier alpha value is -1.40. The highest BCUT2D eigenvalue weighted by Gasteiger charge is 2.16. The Morgan fingerprint density at radius 1 is 1.35 bits per heavy atom. The number of aromatic nitrogens is 2. The number of amides is 1. The highest BCUT2D eigenvalue weighted by atomic mass is 16.5. The fraction of sp³-hybridized carbons (Fsp3) is 0.636. The Bertz CT molecular complexity index is 343. The van der Waals surface area contributed by atoms with E-state index in [1.54, 1.807) is 43.2 Å². The number of nitrogens with zero attached hydrogens (tertiary/aromatic N) is 3. The van der Waals surface area contributed by atoms with E-state index in [0.29, 0.717) is 31.9 Å². The van der Waals surface area contributed by atoms with Gasteiger partial charge in [0.15, 0.2) is 0 Å². The molecule has 0 radical (unpaired) electrons. The number of aryl methyl sites for hydroxylation is 1. The van der Waals surface area contributed by atoms with Crippen molar-refractivity contribution in [2.45, 2.75) is 0 Å². The molecule has 0 atom stereocenters. The van der Waals surface area contributed by atoms with Gasteiger partial charge in [0.25, 0.3) is 5.91 Å². The summed E-state index contributed by atoms with van der Waals surface area (Å²) < 4.78 is 11.6. The van der Waals surface area contributed by atoms with Gasteiger partial charge in [-0.05, 0) is 0 Å². The fourth-order valence-corrected chi connectivity index (χ4v) is 1.43. The molecule has 0 saturated heterocycles. The average Bonchev–Trinajstić information content (AvgIpc) is 2.75. The molecule has 0 unspecified atom stereocenters. The van der Waals surface area contributed by atoms with Gasteiger partial charge in [-0.3, -0.25) is 9.48 Å². The Labute approximate surface area is 101 Å². The van der Waals surface area contributed by atoms with Gasteiger partial charge in [0, 0.05) is 40.6 Å². The van der Waals surface area contributed by atoms with Gasteiger partial charge in [0.2, 0.25) is 0 Å². The molecule has 0 aliphatic rings. The van der Waals surface area contributed by atoms with Crippen LogP contribution in [0.1, 0.15) is 10.4 Å². The van der Waals surface area contributed by atoms with E-state index < -0.39 is 0 Å². The number of hydrogen-bond donors (Lipinski definition) is 0.